The number of aromatic hydroxyl groups is 1. The quantitative estimate of drug-likeness (QED) is 0.651. The SMILES string of the molecule is Cc1[c-]c(F)cc(O)c1.[Y+3]. The van der Waals surface area contributed by atoms with Crippen LogP contribution in [-0.4, -0.2) is 5.11 Å². The summed E-state index contributed by atoms with van der Waals surface area (Å²) in [7, 11) is 0. The fourth-order valence-corrected chi connectivity index (χ4v) is 0.654. The van der Waals surface area contributed by atoms with E-state index in [1.165, 1.54) is 6.07 Å². The Labute approximate surface area is 84.1 Å². The van der Waals surface area contributed by atoms with E-state index in [1.54, 1.807) is 6.92 Å². The van der Waals surface area contributed by atoms with Crippen LogP contribution in [0.2, 0.25) is 0 Å². The van der Waals surface area contributed by atoms with Crippen molar-refractivity contribution in [2.45, 2.75) is 6.92 Å². The molecule has 0 aliphatic carbocycles. The standard InChI is InChI=1S/C7H6FO.Y/c1-5-2-6(8)4-7(9)3-5;/h3-4,9H,1H3;/q-1;+3. The number of rotatable bonds is 0. The van der Waals surface area contributed by atoms with E-state index in [4.69, 9.17) is 5.11 Å². The predicted octanol–water partition coefficient (Wildman–Crippen LogP) is 1.64. The summed E-state index contributed by atoms with van der Waals surface area (Å²) in [5.74, 6) is -0.573. The van der Waals surface area contributed by atoms with Crippen LogP contribution >= 0.6 is 0 Å². The summed E-state index contributed by atoms with van der Waals surface area (Å²) in [4.78, 5) is 0. The van der Waals surface area contributed by atoms with Crippen molar-refractivity contribution in [3.63, 3.8) is 0 Å². The third-order valence-corrected chi connectivity index (χ3v) is 0.956. The van der Waals surface area contributed by atoms with E-state index < -0.39 is 5.82 Å². The molecule has 48 valence electrons. The summed E-state index contributed by atoms with van der Waals surface area (Å²) in [6, 6.07) is 4.85. The molecule has 1 rings (SSSR count). The Bertz CT molecular complexity index is 174. The van der Waals surface area contributed by atoms with Crippen LogP contribution in [0.1, 0.15) is 5.56 Å². The molecule has 0 aliphatic rings. The van der Waals surface area contributed by atoms with Crippen LogP contribution in [0, 0.1) is 18.8 Å². The van der Waals surface area contributed by atoms with Crippen LogP contribution in [0.15, 0.2) is 12.1 Å². The number of hydrogen-bond donors (Lipinski definition) is 1. The molecular weight excluding hydrogens is 208 g/mol. The van der Waals surface area contributed by atoms with Crippen LogP contribution in [0.4, 0.5) is 4.39 Å². The first-order valence-electron chi connectivity index (χ1n) is 2.57. The Morgan fingerprint density at radius 1 is 1.50 bits per heavy atom. The van der Waals surface area contributed by atoms with Crippen LogP contribution in [0.25, 0.3) is 0 Å². The fourth-order valence-electron chi connectivity index (χ4n) is 0.654. The van der Waals surface area contributed by atoms with Gasteiger partial charge in [-0.25, -0.2) is 4.39 Å². The van der Waals surface area contributed by atoms with Gasteiger partial charge >= 0.3 is 32.7 Å². The minimum atomic E-state index is -0.521. The van der Waals surface area contributed by atoms with E-state index in [-0.39, 0.29) is 38.5 Å². The van der Waals surface area contributed by atoms with Crippen LogP contribution < -0.4 is 0 Å². The van der Waals surface area contributed by atoms with Crippen molar-refractivity contribution in [1.29, 1.82) is 0 Å². The van der Waals surface area contributed by atoms with Gasteiger partial charge in [0.1, 0.15) is 0 Å². The summed E-state index contributed by atoms with van der Waals surface area (Å²) < 4.78 is 12.2. The first-order chi connectivity index (χ1) is 4.18. The van der Waals surface area contributed by atoms with Gasteiger partial charge in [-0.3, -0.25) is 0 Å². The topological polar surface area (TPSA) is 20.2 Å². The molecule has 0 bridgehead atoms. The Morgan fingerprint density at radius 3 is 2.50 bits per heavy atom. The largest absolute Gasteiger partial charge is 3.00 e. The van der Waals surface area contributed by atoms with E-state index in [9.17, 15) is 4.39 Å². The van der Waals surface area contributed by atoms with Gasteiger partial charge in [-0.2, -0.15) is 5.56 Å². The Kier molecular flexibility index (Phi) is 4.06. The molecule has 0 unspecified atom stereocenters. The maximum absolute atomic E-state index is 12.2. The average Bonchev–Trinajstić information content (AvgIpc) is 1.59. The number of halogens is 1. The molecule has 0 radical (unpaired) electrons. The fraction of sp³-hybridized carbons (Fsp3) is 0.143. The van der Waals surface area contributed by atoms with Crippen molar-refractivity contribution >= 4 is 0 Å². The van der Waals surface area contributed by atoms with Crippen molar-refractivity contribution in [3.05, 3.63) is 29.6 Å². The van der Waals surface area contributed by atoms with E-state index in [1.807, 2.05) is 0 Å². The van der Waals surface area contributed by atoms with Gasteiger partial charge in [-0.15, -0.1) is 12.1 Å². The summed E-state index contributed by atoms with van der Waals surface area (Å²) >= 11 is 0. The van der Waals surface area contributed by atoms with Crippen LogP contribution in [0.3, 0.4) is 0 Å². The number of aryl methyl sites for hydroxylation is 1. The van der Waals surface area contributed by atoms with Crippen molar-refractivity contribution in [2.24, 2.45) is 0 Å². The van der Waals surface area contributed by atoms with Gasteiger partial charge in [0, 0.05) is 11.6 Å². The normalized spacial score (nSPS) is 8.60. The number of benzene rings is 1. The second kappa shape index (κ2) is 4.04. The second-order valence-electron chi connectivity index (χ2n) is 1.87. The van der Waals surface area contributed by atoms with Gasteiger partial charge in [0.2, 0.25) is 0 Å². The van der Waals surface area contributed by atoms with Gasteiger partial charge in [0.15, 0.2) is 0 Å². The number of phenolic OH excluding ortho intramolecular Hbond substituents is 1. The van der Waals surface area contributed by atoms with Gasteiger partial charge in [-0.1, -0.05) is 13.0 Å². The molecule has 0 amide bonds. The zero-order valence-electron chi connectivity index (χ0n) is 5.56. The first kappa shape index (κ1) is 10.1. The molecule has 0 aromatic heterocycles. The monoisotopic (exact) mass is 214 g/mol. The molecule has 0 fully saturated rings. The molecular formula is C7H6FOY+2. The molecule has 3 heteroatoms. The summed E-state index contributed by atoms with van der Waals surface area (Å²) in [6.45, 7) is 1.67. The Hall–Kier alpha value is 0.0539. The van der Waals surface area contributed by atoms with E-state index in [0.717, 1.165) is 6.07 Å². The van der Waals surface area contributed by atoms with Crippen molar-refractivity contribution in [1.82, 2.24) is 0 Å². The molecule has 10 heavy (non-hydrogen) atoms. The zero-order valence-corrected chi connectivity index (χ0v) is 8.40. The van der Waals surface area contributed by atoms with E-state index in [0.29, 0.717) is 5.56 Å². The van der Waals surface area contributed by atoms with Gasteiger partial charge < -0.3 is 5.11 Å². The van der Waals surface area contributed by atoms with Crippen molar-refractivity contribution in [3.8, 4) is 5.75 Å². The van der Waals surface area contributed by atoms with E-state index in [2.05, 4.69) is 6.07 Å². The third-order valence-electron chi connectivity index (χ3n) is 0.956. The molecule has 0 saturated carbocycles. The van der Waals surface area contributed by atoms with Gasteiger partial charge in [-0.05, 0) is 0 Å². The number of phenols is 1. The molecule has 0 atom stereocenters. The Morgan fingerprint density at radius 2 is 2.10 bits per heavy atom. The van der Waals surface area contributed by atoms with Crippen molar-refractivity contribution < 1.29 is 42.2 Å². The Balaban J connectivity index is 0.000000810. The van der Waals surface area contributed by atoms with Crippen LogP contribution in [0.5, 0.6) is 5.75 Å². The molecule has 0 aliphatic heterocycles. The molecule has 0 saturated heterocycles. The van der Waals surface area contributed by atoms with Crippen LogP contribution in [-0.2, 0) is 32.7 Å². The predicted molar refractivity (Wildman–Crippen MR) is 31.6 cm³/mol. The minimum absolute atomic E-state index is 0. The summed E-state index contributed by atoms with van der Waals surface area (Å²) in [5, 5.41) is 8.73. The molecule has 0 heterocycles. The first-order valence-corrected chi connectivity index (χ1v) is 2.57. The number of hydrogen-bond acceptors (Lipinski definition) is 1. The minimum Gasteiger partial charge on any atom is -0.533 e. The van der Waals surface area contributed by atoms with E-state index >= 15 is 0 Å². The summed E-state index contributed by atoms with van der Waals surface area (Å²) in [6.07, 6.45) is 0. The smallest absolute Gasteiger partial charge is 0.533 e. The molecule has 1 nitrogen and oxygen atoms in total. The maximum Gasteiger partial charge on any atom is 3.00 e. The van der Waals surface area contributed by atoms with Crippen molar-refractivity contribution in [2.75, 3.05) is 0 Å². The maximum atomic E-state index is 12.2. The second-order valence-corrected chi connectivity index (χ2v) is 1.87. The molecule has 1 aromatic carbocycles. The zero-order chi connectivity index (χ0) is 6.85. The summed E-state index contributed by atoms with van der Waals surface area (Å²) in [5.41, 5.74) is 0.604. The molecule has 1 N–H and O–H groups in total. The molecule has 1 aromatic rings. The van der Waals surface area contributed by atoms with Gasteiger partial charge in [0.05, 0.1) is 0 Å². The molecule has 0 spiro atoms. The third kappa shape index (κ3) is 2.76. The average molecular weight is 214 g/mol. The van der Waals surface area contributed by atoms with Gasteiger partial charge in [0.25, 0.3) is 0 Å².